The lowest BCUT2D eigenvalue weighted by atomic mass is 10.0. The zero-order chi connectivity index (χ0) is 18.7. The summed E-state index contributed by atoms with van der Waals surface area (Å²) in [6.45, 7) is 2.61. The third-order valence-corrected chi connectivity index (χ3v) is 4.42. The van der Waals surface area contributed by atoms with Crippen LogP contribution in [0.5, 0.6) is 0 Å². The molecule has 6 heteroatoms. The third kappa shape index (κ3) is 3.31. The van der Waals surface area contributed by atoms with E-state index >= 15 is 0 Å². The predicted molar refractivity (Wildman–Crippen MR) is 97.6 cm³/mol. The van der Waals surface area contributed by atoms with E-state index in [1.165, 1.54) is 4.90 Å². The van der Waals surface area contributed by atoms with Crippen molar-refractivity contribution >= 4 is 23.5 Å². The second-order valence-electron chi connectivity index (χ2n) is 6.20. The molecule has 2 N–H and O–H groups in total. The van der Waals surface area contributed by atoms with Crippen LogP contribution in [0.25, 0.3) is 0 Å². The lowest BCUT2D eigenvalue weighted by molar-refractivity contribution is -0.138. The van der Waals surface area contributed by atoms with Crippen LogP contribution in [0.1, 0.15) is 45.5 Å². The fourth-order valence-electron chi connectivity index (χ4n) is 3.10. The first-order valence-corrected chi connectivity index (χ1v) is 8.54. The van der Waals surface area contributed by atoms with Gasteiger partial charge in [-0.05, 0) is 36.2 Å². The number of rotatable bonds is 5. The zero-order valence-electron chi connectivity index (χ0n) is 14.4. The van der Waals surface area contributed by atoms with Crippen molar-refractivity contribution in [2.45, 2.75) is 19.3 Å². The first-order valence-electron chi connectivity index (χ1n) is 8.54. The molecule has 1 heterocycles. The minimum atomic E-state index is -0.958. The number of carbonyl (C=O) groups is 3. The molecular formula is C20H20N2O4. The Morgan fingerprint density at radius 3 is 2.58 bits per heavy atom. The van der Waals surface area contributed by atoms with Crippen LogP contribution >= 0.6 is 0 Å². The summed E-state index contributed by atoms with van der Waals surface area (Å²) >= 11 is 0. The molecule has 0 aliphatic carbocycles. The number of amides is 2. The van der Waals surface area contributed by atoms with Gasteiger partial charge in [0.05, 0.1) is 0 Å². The summed E-state index contributed by atoms with van der Waals surface area (Å²) in [7, 11) is 0. The van der Waals surface area contributed by atoms with E-state index in [1.807, 2.05) is 6.92 Å². The van der Waals surface area contributed by atoms with Crippen LogP contribution in [0.3, 0.4) is 0 Å². The molecule has 2 amide bonds. The summed E-state index contributed by atoms with van der Waals surface area (Å²) < 4.78 is 0. The van der Waals surface area contributed by atoms with Crippen LogP contribution in [0.15, 0.2) is 48.5 Å². The number of hydrogen-bond acceptors (Lipinski definition) is 3. The van der Waals surface area contributed by atoms with E-state index in [4.69, 9.17) is 0 Å². The number of nitrogens with one attached hydrogen (secondary N) is 1. The van der Waals surface area contributed by atoms with Crippen molar-refractivity contribution in [2.75, 3.05) is 18.0 Å². The number of benzene rings is 2. The van der Waals surface area contributed by atoms with E-state index in [-0.39, 0.29) is 18.4 Å². The maximum absolute atomic E-state index is 13.0. The quantitative estimate of drug-likeness (QED) is 0.866. The highest BCUT2D eigenvalue weighted by atomic mass is 16.4. The molecule has 6 nitrogen and oxygen atoms in total. The Morgan fingerprint density at radius 1 is 1.12 bits per heavy atom. The molecule has 1 aliphatic heterocycles. The lowest BCUT2D eigenvalue weighted by Crippen LogP contribution is -2.31. The van der Waals surface area contributed by atoms with E-state index in [0.29, 0.717) is 28.9 Å². The van der Waals surface area contributed by atoms with E-state index in [0.717, 1.165) is 6.42 Å². The molecule has 1 atom stereocenters. The van der Waals surface area contributed by atoms with Gasteiger partial charge in [-0.2, -0.15) is 0 Å². The highest BCUT2D eigenvalue weighted by Crippen LogP contribution is 2.37. The summed E-state index contributed by atoms with van der Waals surface area (Å²) in [6, 6.07) is 13.5. The van der Waals surface area contributed by atoms with Gasteiger partial charge in [-0.1, -0.05) is 31.2 Å². The Hall–Kier alpha value is -3.15. The molecule has 26 heavy (non-hydrogen) atoms. The van der Waals surface area contributed by atoms with Gasteiger partial charge in [0.1, 0.15) is 5.92 Å². The zero-order valence-corrected chi connectivity index (χ0v) is 14.4. The molecule has 0 spiro atoms. The van der Waals surface area contributed by atoms with Gasteiger partial charge in [0.25, 0.3) is 11.8 Å². The summed E-state index contributed by atoms with van der Waals surface area (Å²) in [5, 5.41) is 12.2. The van der Waals surface area contributed by atoms with Crippen LogP contribution in [0.2, 0.25) is 0 Å². The van der Waals surface area contributed by atoms with E-state index in [9.17, 15) is 19.5 Å². The number of nitrogens with zero attached hydrogens (tertiary/aromatic N) is 1. The molecule has 1 unspecified atom stereocenters. The number of fused-ring (bicyclic) bond motifs is 1. The summed E-state index contributed by atoms with van der Waals surface area (Å²) in [6.07, 6.45) is 0.825. The number of aliphatic carboxylic acids is 1. The van der Waals surface area contributed by atoms with Gasteiger partial charge < -0.3 is 15.3 Å². The molecule has 0 saturated heterocycles. The number of carbonyl (C=O) groups excluding carboxylic acids is 2. The van der Waals surface area contributed by atoms with Crippen LogP contribution < -0.4 is 10.2 Å². The number of carboxylic acid groups (broad SMARTS) is 1. The smallest absolute Gasteiger partial charge is 0.312 e. The number of para-hydroxylation sites is 1. The molecule has 0 saturated carbocycles. The molecule has 134 valence electrons. The number of anilines is 1. The first kappa shape index (κ1) is 17.7. The maximum atomic E-state index is 13.0. The maximum Gasteiger partial charge on any atom is 0.312 e. The van der Waals surface area contributed by atoms with Crippen LogP contribution in [0, 0.1) is 0 Å². The fourth-order valence-corrected chi connectivity index (χ4v) is 3.10. The predicted octanol–water partition coefficient (Wildman–Crippen LogP) is 2.66. The summed E-state index contributed by atoms with van der Waals surface area (Å²) in [5.74, 6) is -2.25. The minimum absolute atomic E-state index is 0.0831. The van der Waals surface area contributed by atoms with Gasteiger partial charge in [-0.15, -0.1) is 0 Å². The topological polar surface area (TPSA) is 86.7 Å². The first-order chi connectivity index (χ1) is 12.5. The molecule has 2 aromatic rings. The summed E-state index contributed by atoms with van der Waals surface area (Å²) in [5.41, 5.74) is 2.00. The molecular weight excluding hydrogens is 332 g/mol. The normalized spacial score (nSPS) is 15.4. The minimum Gasteiger partial charge on any atom is -0.481 e. The van der Waals surface area contributed by atoms with Crippen molar-refractivity contribution in [1.29, 1.82) is 0 Å². The van der Waals surface area contributed by atoms with E-state index in [1.54, 1.807) is 48.5 Å². The Balaban J connectivity index is 1.89. The van der Waals surface area contributed by atoms with Crippen molar-refractivity contribution in [1.82, 2.24) is 5.32 Å². The molecule has 0 aromatic heterocycles. The second kappa shape index (κ2) is 7.39. The highest BCUT2D eigenvalue weighted by Gasteiger charge is 2.36. The number of hydrogen-bond donors (Lipinski definition) is 2. The molecule has 0 fully saturated rings. The van der Waals surface area contributed by atoms with Crippen molar-refractivity contribution in [3.05, 3.63) is 65.2 Å². The lowest BCUT2D eigenvalue weighted by Gasteiger charge is -2.18. The largest absolute Gasteiger partial charge is 0.481 e. The van der Waals surface area contributed by atoms with Gasteiger partial charge in [0.2, 0.25) is 0 Å². The fraction of sp³-hybridized carbons (Fsp3) is 0.250. The Labute approximate surface area is 151 Å². The molecule has 3 rings (SSSR count). The Morgan fingerprint density at radius 2 is 1.85 bits per heavy atom. The molecule has 2 aromatic carbocycles. The van der Waals surface area contributed by atoms with Gasteiger partial charge in [0, 0.05) is 29.9 Å². The average molecular weight is 352 g/mol. The van der Waals surface area contributed by atoms with Gasteiger partial charge in [0.15, 0.2) is 0 Å². The van der Waals surface area contributed by atoms with Crippen molar-refractivity contribution in [2.24, 2.45) is 0 Å². The third-order valence-electron chi connectivity index (χ3n) is 4.42. The van der Waals surface area contributed by atoms with E-state index in [2.05, 4.69) is 5.32 Å². The van der Waals surface area contributed by atoms with Crippen LogP contribution in [-0.2, 0) is 4.79 Å². The second-order valence-corrected chi connectivity index (χ2v) is 6.20. The van der Waals surface area contributed by atoms with Crippen LogP contribution in [0.4, 0.5) is 5.69 Å². The van der Waals surface area contributed by atoms with E-state index < -0.39 is 11.9 Å². The molecule has 0 radical (unpaired) electrons. The SMILES string of the molecule is CCCNC(=O)c1cccc(C(=O)N2CC(C(=O)O)c3ccccc32)c1. The van der Waals surface area contributed by atoms with Crippen LogP contribution in [-0.4, -0.2) is 36.0 Å². The Kier molecular flexibility index (Phi) is 5.02. The monoisotopic (exact) mass is 352 g/mol. The van der Waals surface area contributed by atoms with Crippen molar-refractivity contribution < 1.29 is 19.5 Å². The van der Waals surface area contributed by atoms with Gasteiger partial charge in [-0.3, -0.25) is 14.4 Å². The summed E-state index contributed by atoms with van der Waals surface area (Å²) in [4.78, 5) is 38.1. The van der Waals surface area contributed by atoms with Gasteiger partial charge in [-0.25, -0.2) is 0 Å². The standard InChI is InChI=1S/C20H20N2O4/c1-2-10-21-18(23)13-6-5-7-14(11-13)19(24)22-12-16(20(25)26)15-8-3-4-9-17(15)22/h3-9,11,16H,2,10,12H2,1H3,(H,21,23)(H,25,26). The van der Waals surface area contributed by atoms with Gasteiger partial charge >= 0.3 is 5.97 Å². The van der Waals surface area contributed by atoms with Crippen molar-refractivity contribution in [3.63, 3.8) is 0 Å². The Bertz CT molecular complexity index is 862. The molecule has 1 aliphatic rings. The number of carboxylic acids is 1. The molecule has 0 bridgehead atoms. The average Bonchev–Trinajstić information content (AvgIpc) is 3.05. The van der Waals surface area contributed by atoms with Crippen molar-refractivity contribution in [3.8, 4) is 0 Å². The highest BCUT2D eigenvalue weighted by molar-refractivity contribution is 6.10.